The van der Waals surface area contributed by atoms with Crippen molar-refractivity contribution in [3.05, 3.63) is 161 Å². The van der Waals surface area contributed by atoms with E-state index in [2.05, 4.69) is 77.4 Å². The number of aromatic nitrogens is 2. The van der Waals surface area contributed by atoms with E-state index in [0.29, 0.717) is 18.8 Å². The van der Waals surface area contributed by atoms with Crippen LogP contribution in [0.15, 0.2) is 134 Å². The molecule has 0 N–H and O–H groups in total. The number of hydrogen-bond acceptors (Lipinski definition) is 4. The molecule has 6 nitrogen and oxygen atoms in total. The molecule has 5 aromatic rings. The summed E-state index contributed by atoms with van der Waals surface area (Å²) < 4.78 is 13.4. The molecule has 1 aliphatic rings. The molecule has 4 aromatic carbocycles. The van der Waals surface area contributed by atoms with Crippen molar-refractivity contribution >= 4 is 12.0 Å². The van der Waals surface area contributed by atoms with Gasteiger partial charge in [0.2, 0.25) is 0 Å². The number of morpholine rings is 1. The fourth-order valence-corrected chi connectivity index (χ4v) is 5.68. The topological polar surface area (TPSA) is 56.6 Å². The van der Waals surface area contributed by atoms with E-state index >= 15 is 0 Å². The Morgan fingerprint density at radius 1 is 0.857 bits per heavy atom. The second kappa shape index (κ2) is 11.8. The molecule has 1 aliphatic heterocycles. The number of methoxy groups -OCH3 is 1. The number of imidazole rings is 1. The molecule has 42 heavy (non-hydrogen) atoms. The molecule has 1 atom stereocenters. The first-order chi connectivity index (χ1) is 20.6. The highest BCUT2D eigenvalue weighted by Gasteiger charge is 2.38. The Hall–Kier alpha value is -5.10. The van der Waals surface area contributed by atoms with E-state index in [4.69, 9.17) is 14.5 Å². The van der Waals surface area contributed by atoms with Crippen LogP contribution < -0.4 is 4.74 Å². The van der Waals surface area contributed by atoms with Crippen LogP contribution in [-0.4, -0.2) is 40.1 Å². The predicted octanol–water partition coefficient (Wildman–Crippen LogP) is 6.52. The van der Waals surface area contributed by atoms with Crippen LogP contribution in [0.5, 0.6) is 5.75 Å². The summed E-state index contributed by atoms with van der Waals surface area (Å²) in [7, 11) is 1.64. The molecule has 6 heteroatoms. The van der Waals surface area contributed by atoms with E-state index in [9.17, 15) is 4.79 Å². The first-order valence-corrected chi connectivity index (χ1v) is 14.1. The third-order valence-corrected chi connectivity index (χ3v) is 7.84. The van der Waals surface area contributed by atoms with E-state index in [-0.39, 0.29) is 17.7 Å². The third kappa shape index (κ3) is 5.07. The standard InChI is InChI=1S/C36H33N3O3/c1-27-25-42-34(35(40)39(27)23-28-18-20-33(41-2)21-19-28)22-32-24-38(26-37-32)36(29-12-6-3-7-13-29,30-14-8-4-9-15-30)31-16-10-5-11-17-31/h3-22,24,26-27H,23,25H2,1-2H3/b34-22-/t27-/m1/s1. The van der Waals surface area contributed by atoms with Crippen LogP contribution in [0.3, 0.4) is 0 Å². The normalized spacial score (nSPS) is 16.3. The number of rotatable bonds is 8. The minimum atomic E-state index is -0.681. The molecule has 1 fully saturated rings. The molecular formula is C36H33N3O3. The van der Waals surface area contributed by atoms with Gasteiger partial charge in [-0.15, -0.1) is 0 Å². The minimum absolute atomic E-state index is 0.0591. The van der Waals surface area contributed by atoms with Gasteiger partial charge in [-0.05, 0) is 41.3 Å². The van der Waals surface area contributed by atoms with Gasteiger partial charge < -0.3 is 18.9 Å². The van der Waals surface area contributed by atoms with Crippen LogP contribution in [0.1, 0.15) is 34.9 Å². The monoisotopic (exact) mass is 555 g/mol. The average Bonchev–Trinajstić information content (AvgIpc) is 3.51. The summed E-state index contributed by atoms with van der Waals surface area (Å²) in [4.78, 5) is 20.2. The molecule has 1 saturated heterocycles. The van der Waals surface area contributed by atoms with Crippen LogP contribution in [-0.2, 0) is 21.6 Å². The van der Waals surface area contributed by atoms with E-state index in [1.54, 1.807) is 13.2 Å². The Bertz CT molecular complexity index is 1570. The Kier molecular flexibility index (Phi) is 7.60. The zero-order chi connectivity index (χ0) is 28.9. The maximum atomic E-state index is 13.6. The lowest BCUT2D eigenvalue weighted by Gasteiger charge is -2.37. The zero-order valence-electron chi connectivity index (χ0n) is 23.8. The zero-order valence-corrected chi connectivity index (χ0v) is 23.8. The predicted molar refractivity (Wildman–Crippen MR) is 164 cm³/mol. The first kappa shape index (κ1) is 27.1. The lowest BCUT2D eigenvalue weighted by Crippen LogP contribution is -2.46. The van der Waals surface area contributed by atoms with Crippen molar-refractivity contribution in [2.75, 3.05) is 13.7 Å². The van der Waals surface area contributed by atoms with Crippen molar-refractivity contribution < 1.29 is 14.3 Å². The number of hydrogen-bond donors (Lipinski definition) is 0. The largest absolute Gasteiger partial charge is 0.497 e. The van der Waals surface area contributed by atoms with Gasteiger partial charge in [-0.25, -0.2) is 4.98 Å². The van der Waals surface area contributed by atoms with Gasteiger partial charge in [0.1, 0.15) is 17.9 Å². The number of carbonyl (C=O) groups excluding carboxylic acids is 1. The van der Waals surface area contributed by atoms with Crippen LogP contribution >= 0.6 is 0 Å². The molecular weight excluding hydrogens is 522 g/mol. The molecule has 2 heterocycles. The summed E-state index contributed by atoms with van der Waals surface area (Å²) in [5.74, 6) is 0.921. The van der Waals surface area contributed by atoms with Gasteiger partial charge in [-0.2, -0.15) is 0 Å². The van der Waals surface area contributed by atoms with Crippen molar-refractivity contribution in [1.29, 1.82) is 0 Å². The Morgan fingerprint density at radius 2 is 1.40 bits per heavy atom. The van der Waals surface area contributed by atoms with Crippen molar-refractivity contribution in [3.63, 3.8) is 0 Å². The summed E-state index contributed by atoms with van der Waals surface area (Å²) in [5.41, 5.74) is 4.29. The third-order valence-electron chi connectivity index (χ3n) is 7.84. The highest BCUT2D eigenvalue weighted by Crippen LogP contribution is 2.41. The van der Waals surface area contributed by atoms with E-state index in [0.717, 1.165) is 28.0 Å². The van der Waals surface area contributed by atoms with E-state index < -0.39 is 5.54 Å². The smallest absolute Gasteiger partial charge is 0.289 e. The summed E-state index contributed by atoms with van der Waals surface area (Å²) in [6.45, 7) is 2.90. The molecule has 0 saturated carbocycles. The number of carbonyl (C=O) groups is 1. The van der Waals surface area contributed by atoms with Crippen molar-refractivity contribution in [2.24, 2.45) is 0 Å². The van der Waals surface area contributed by atoms with E-state index in [1.165, 1.54) is 0 Å². The fourth-order valence-electron chi connectivity index (χ4n) is 5.68. The van der Waals surface area contributed by atoms with E-state index in [1.807, 2.05) is 66.8 Å². The number of benzene rings is 4. The Morgan fingerprint density at radius 3 is 1.93 bits per heavy atom. The molecule has 0 radical (unpaired) electrons. The number of nitrogens with zero attached hydrogens (tertiary/aromatic N) is 3. The molecule has 0 spiro atoms. The molecule has 210 valence electrons. The minimum Gasteiger partial charge on any atom is -0.497 e. The Labute approximate surface area is 246 Å². The van der Waals surface area contributed by atoms with Gasteiger partial charge in [-0.3, -0.25) is 4.79 Å². The number of ether oxygens (including phenoxy) is 2. The lowest BCUT2D eigenvalue weighted by atomic mass is 9.77. The highest BCUT2D eigenvalue weighted by atomic mass is 16.5. The van der Waals surface area contributed by atoms with Crippen LogP contribution in [0.2, 0.25) is 0 Å². The van der Waals surface area contributed by atoms with Crippen LogP contribution in [0.25, 0.3) is 6.08 Å². The molecule has 0 bridgehead atoms. The second-order valence-electron chi connectivity index (χ2n) is 10.5. The highest BCUT2D eigenvalue weighted by molar-refractivity contribution is 5.96. The van der Waals surface area contributed by atoms with Gasteiger partial charge >= 0.3 is 0 Å². The fraction of sp³-hybridized carbons (Fsp3) is 0.167. The van der Waals surface area contributed by atoms with Crippen molar-refractivity contribution in [2.45, 2.75) is 25.0 Å². The van der Waals surface area contributed by atoms with Gasteiger partial charge in [0.15, 0.2) is 5.76 Å². The van der Waals surface area contributed by atoms with Crippen LogP contribution in [0, 0.1) is 0 Å². The summed E-state index contributed by atoms with van der Waals surface area (Å²) in [6, 6.07) is 39.0. The first-order valence-electron chi connectivity index (χ1n) is 14.1. The quantitative estimate of drug-likeness (QED) is 0.162. The average molecular weight is 556 g/mol. The molecule has 0 unspecified atom stereocenters. The number of amides is 1. The van der Waals surface area contributed by atoms with Crippen molar-refractivity contribution in [3.8, 4) is 5.75 Å². The van der Waals surface area contributed by atoms with Gasteiger partial charge in [-0.1, -0.05) is 103 Å². The van der Waals surface area contributed by atoms with Gasteiger partial charge in [0, 0.05) is 18.8 Å². The SMILES string of the molecule is COc1ccc(CN2C(=O)/C(=C/c3cn(C(c4ccccc4)(c4ccccc4)c4ccccc4)cn3)OC[C@H]2C)cc1. The maximum absolute atomic E-state index is 13.6. The van der Waals surface area contributed by atoms with Crippen LogP contribution in [0.4, 0.5) is 0 Å². The summed E-state index contributed by atoms with van der Waals surface area (Å²) in [6.07, 6.45) is 5.57. The molecule has 1 amide bonds. The molecule has 0 aliphatic carbocycles. The van der Waals surface area contributed by atoms with Gasteiger partial charge in [0.05, 0.1) is 25.2 Å². The molecule has 6 rings (SSSR count). The lowest BCUT2D eigenvalue weighted by molar-refractivity contribution is -0.139. The summed E-state index contributed by atoms with van der Waals surface area (Å²) >= 11 is 0. The second-order valence-corrected chi connectivity index (χ2v) is 10.5. The summed E-state index contributed by atoms with van der Waals surface area (Å²) in [5, 5.41) is 0. The van der Waals surface area contributed by atoms with Crippen molar-refractivity contribution in [1.82, 2.24) is 14.5 Å². The Balaban J connectivity index is 1.39. The maximum Gasteiger partial charge on any atom is 0.289 e. The van der Waals surface area contributed by atoms with Gasteiger partial charge in [0.25, 0.3) is 5.91 Å². The molecule has 1 aromatic heterocycles.